The second-order valence-electron chi connectivity index (χ2n) is 2.41. The largest absolute Gasteiger partial charge is 0.370 e. The lowest BCUT2D eigenvalue weighted by molar-refractivity contribution is 0.359. The molecule has 0 aromatic heterocycles. The molecule has 1 aliphatic rings. The molecule has 1 heteroatoms. The van der Waals surface area contributed by atoms with Crippen molar-refractivity contribution < 1.29 is 4.74 Å². The molecule has 0 saturated carbocycles. The fraction of sp³-hybridized carbons (Fsp3) is 1.00. The molecule has 0 aliphatic carbocycles. The van der Waals surface area contributed by atoms with Crippen molar-refractivity contribution in [3.63, 3.8) is 0 Å². The summed E-state index contributed by atoms with van der Waals surface area (Å²) in [7, 11) is 0. The smallest absolute Gasteiger partial charge is 0.0841 e. The van der Waals surface area contributed by atoms with E-state index < -0.39 is 0 Å². The number of hydrogen-bond acceptors (Lipinski definition) is 1. The van der Waals surface area contributed by atoms with Gasteiger partial charge in [-0.3, -0.25) is 0 Å². The highest BCUT2D eigenvalue weighted by Crippen LogP contribution is 2.28. The van der Waals surface area contributed by atoms with E-state index in [9.17, 15) is 0 Å². The lowest BCUT2D eigenvalue weighted by atomic mass is 10.2. The molecule has 0 bridgehead atoms. The molecule has 0 N–H and O–H groups in total. The summed E-state index contributed by atoms with van der Waals surface area (Å²) >= 11 is 0. The molecule has 2 atom stereocenters. The lowest BCUT2D eigenvalue weighted by Gasteiger charge is -1.84. The number of hydrogen-bond donors (Lipinski definition) is 0. The van der Waals surface area contributed by atoms with Gasteiger partial charge in [0.2, 0.25) is 0 Å². The van der Waals surface area contributed by atoms with Crippen LogP contribution < -0.4 is 0 Å². The molecule has 1 aliphatic heterocycles. The van der Waals surface area contributed by atoms with E-state index in [0.29, 0.717) is 12.2 Å². The SMILES string of the molecule is CC.CC.CCCC1OC1CC. The summed E-state index contributed by atoms with van der Waals surface area (Å²) in [5, 5.41) is 0. The quantitative estimate of drug-likeness (QED) is 0.589. The maximum atomic E-state index is 5.31. The Morgan fingerprint density at radius 1 is 0.917 bits per heavy atom. The molecule has 1 nitrogen and oxygen atoms in total. The number of ether oxygens (including phenoxy) is 1. The molecule has 1 saturated heterocycles. The molecule has 76 valence electrons. The third kappa shape index (κ3) is 6.66. The Labute approximate surface area is 78.5 Å². The van der Waals surface area contributed by atoms with Gasteiger partial charge >= 0.3 is 0 Å². The molecule has 0 aromatic carbocycles. The zero-order valence-corrected chi connectivity index (χ0v) is 9.68. The average molecular weight is 174 g/mol. The van der Waals surface area contributed by atoms with E-state index >= 15 is 0 Å². The minimum atomic E-state index is 0.620. The van der Waals surface area contributed by atoms with Crippen LogP contribution >= 0.6 is 0 Å². The van der Waals surface area contributed by atoms with Crippen molar-refractivity contribution in [2.45, 2.75) is 73.0 Å². The summed E-state index contributed by atoms with van der Waals surface area (Å²) < 4.78 is 5.31. The Bertz CT molecular complexity index is 71.4. The molecule has 0 aromatic rings. The van der Waals surface area contributed by atoms with E-state index in [2.05, 4.69) is 13.8 Å². The summed E-state index contributed by atoms with van der Waals surface area (Å²) in [5.74, 6) is 0. The van der Waals surface area contributed by atoms with Crippen LogP contribution in [0.5, 0.6) is 0 Å². The minimum absolute atomic E-state index is 0.620. The van der Waals surface area contributed by atoms with Gasteiger partial charge in [-0.05, 0) is 12.8 Å². The van der Waals surface area contributed by atoms with Crippen LogP contribution in [0.2, 0.25) is 0 Å². The average Bonchev–Trinajstić information content (AvgIpc) is 2.91. The van der Waals surface area contributed by atoms with Crippen molar-refractivity contribution in [1.82, 2.24) is 0 Å². The predicted molar refractivity (Wildman–Crippen MR) is 56.6 cm³/mol. The number of rotatable bonds is 3. The molecular formula is C11H26O. The summed E-state index contributed by atoms with van der Waals surface area (Å²) in [6, 6.07) is 0. The van der Waals surface area contributed by atoms with Gasteiger partial charge in [0, 0.05) is 0 Å². The van der Waals surface area contributed by atoms with Crippen LogP contribution in [-0.2, 0) is 4.74 Å². The first kappa shape index (κ1) is 14.5. The van der Waals surface area contributed by atoms with Crippen LogP contribution in [0.3, 0.4) is 0 Å². The molecule has 1 rings (SSSR count). The Kier molecular flexibility index (Phi) is 13.2. The fourth-order valence-corrected chi connectivity index (χ4v) is 1.08. The highest BCUT2D eigenvalue weighted by atomic mass is 16.6. The summed E-state index contributed by atoms with van der Waals surface area (Å²) in [6.45, 7) is 12.4. The second kappa shape index (κ2) is 11.0. The van der Waals surface area contributed by atoms with Crippen molar-refractivity contribution in [2.24, 2.45) is 0 Å². The molecule has 1 fully saturated rings. The van der Waals surface area contributed by atoms with E-state index in [0.717, 1.165) is 0 Å². The molecule has 1 heterocycles. The minimum Gasteiger partial charge on any atom is -0.370 e. The highest BCUT2D eigenvalue weighted by Gasteiger charge is 2.35. The normalized spacial score (nSPS) is 24.5. The van der Waals surface area contributed by atoms with Gasteiger partial charge in [-0.25, -0.2) is 0 Å². The first-order valence-electron chi connectivity index (χ1n) is 5.54. The van der Waals surface area contributed by atoms with E-state index in [4.69, 9.17) is 4.74 Å². The first-order chi connectivity index (χ1) is 5.88. The fourth-order valence-electron chi connectivity index (χ4n) is 1.08. The van der Waals surface area contributed by atoms with Gasteiger partial charge in [0.15, 0.2) is 0 Å². The standard InChI is InChI=1S/C7H14O.2C2H6/c1-3-5-7-6(4-2)8-7;2*1-2/h6-7H,3-5H2,1-2H3;2*1-2H3. The van der Waals surface area contributed by atoms with Crippen molar-refractivity contribution in [3.8, 4) is 0 Å². The molecule has 0 spiro atoms. The van der Waals surface area contributed by atoms with Crippen molar-refractivity contribution in [2.75, 3.05) is 0 Å². The van der Waals surface area contributed by atoms with E-state index in [1.54, 1.807) is 0 Å². The van der Waals surface area contributed by atoms with Crippen molar-refractivity contribution >= 4 is 0 Å². The Morgan fingerprint density at radius 2 is 1.42 bits per heavy atom. The van der Waals surface area contributed by atoms with Gasteiger partial charge in [-0.2, -0.15) is 0 Å². The summed E-state index contributed by atoms with van der Waals surface area (Å²) in [4.78, 5) is 0. The van der Waals surface area contributed by atoms with Crippen LogP contribution in [0.4, 0.5) is 0 Å². The predicted octanol–water partition coefficient (Wildman–Crippen LogP) is 4.02. The van der Waals surface area contributed by atoms with E-state index in [-0.39, 0.29) is 0 Å². The van der Waals surface area contributed by atoms with Crippen molar-refractivity contribution in [1.29, 1.82) is 0 Å². The van der Waals surface area contributed by atoms with Crippen LogP contribution in [0.25, 0.3) is 0 Å². The van der Waals surface area contributed by atoms with Gasteiger partial charge in [0.05, 0.1) is 12.2 Å². The Balaban J connectivity index is 0. The monoisotopic (exact) mass is 174 g/mol. The Hall–Kier alpha value is -0.0400. The summed E-state index contributed by atoms with van der Waals surface area (Å²) in [6.07, 6.45) is 4.98. The third-order valence-electron chi connectivity index (χ3n) is 1.66. The Morgan fingerprint density at radius 3 is 1.67 bits per heavy atom. The topological polar surface area (TPSA) is 12.5 Å². The highest BCUT2D eigenvalue weighted by molar-refractivity contribution is 4.82. The van der Waals surface area contributed by atoms with E-state index in [1.165, 1.54) is 19.3 Å². The summed E-state index contributed by atoms with van der Waals surface area (Å²) in [5.41, 5.74) is 0. The van der Waals surface area contributed by atoms with Gasteiger partial charge in [-0.1, -0.05) is 48.0 Å². The van der Waals surface area contributed by atoms with Gasteiger partial charge < -0.3 is 4.74 Å². The zero-order valence-electron chi connectivity index (χ0n) is 9.68. The molecule has 0 radical (unpaired) electrons. The second-order valence-corrected chi connectivity index (χ2v) is 2.41. The van der Waals surface area contributed by atoms with Crippen LogP contribution in [-0.4, -0.2) is 12.2 Å². The lowest BCUT2D eigenvalue weighted by Crippen LogP contribution is -1.89. The van der Waals surface area contributed by atoms with E-state index in [1.807, 2.05) is 27.7 Å². The zero-order chi connectivity index (χ0) is 9.98. The van der Waals surface area contributed by atoms with Gasteiger partial charge in [-0.15, -0.1) is 0 Å². The van der Waals surface area contributed by atoms with Crippen LogP contribution in [0.1, 0.15) is 60.8 Å². The third-order valence-corrected chi connectivity index (χ3v) is 1.66. The first-order valence-corrected chi connectivity index (χ1v) is 5.54. The van der Waals surface area contributed by atoms with Gasteiger partial charge in [0.1, 0.15) is 0 Å². The van der Waals surface area contributed by atoms with Gasteiger partial charge in [0.25, 0.3) is 0 Å². The molecular weight excluding hydrogens is 148 g/mol. The molecule has 0 amide bonds. The molecule has 12 heavy (non-hydrogen) atoms. The van der Waals surface area contributed by atoms with Crippen LogP contribution in [0.15, 0.2) is 0 Å². The van der Waals surface area contributed by atoms with Crippen molar-refractivity contribution in [3.05, 3.63) is 0 Å². The number of epoxide rings is 1. The maximum Gasteiger partial charge on any atom is 0.0841 e. The molecule has 2 unspecified atom stereocenters. The maximum absolute atomic E-state index is 5.31. The van der Waals surface area contributed by atoms with Crippen LogP contribution in [0, 0.1) is 0 Å².